The molecule has 1 atom stereocenters. The van der Waals surface area contributed by atoms with E-state index in [-0.39, 0.29) is 12.6 Å². The predicted molar refractivity (Wildman–Crippen MR) is 70.9 cm³/mol. The maximum atomic E-state index is 11.2. The number of benzene rings is 1. The van der Waals surface area contributed by atoms with E-state index in [9.17, 15) is 4.79 Å². The molecule has 0 bridgehead atoms. The quantitative estimate of drug-likeness (QED) is 0.633. The van der Waals surface area contributed by atoms with Gasteiger partial charge in [0.15, 0.2) is 0 Å². The Morgan fingerprint density at radius 2 is 2.00 bits per heavy atom. The number of aryl methyl sites for hydroxylation is 2. The number of methoxy groups -OCH3 is 1. The second kappa shape index (κ2) is 6.41. The van der Waals surface area contributed by atoms with Gasteiger partial charge in [0.05, 0.1) is 18.7 Å². The van der Waals surface area contributed by atoms with Gasteiger partial charge in [0.2, 0.25) is 0 Å². The first-order chi connectivity index (χ1) is 8.49. The Morgan fingerprint density at radius 1 is 1.44 bits per heavy atom. The average molecular weight is 312 g/mol. The fourth-order valence-electron chi connectivity index (χ4n) is 1.59. The molecule has 0 aliphatic carbocycles. The van der Waals surface area contributed by atoms with Gasteiger partial charge in [-0.2, -0.15) is 5.26 Å². The van der Waals surface area contributed by atoms with Gasteiger partial charge < -0.3 is 9.47 Å². The number of carbonyl (C=O) groups is 1. The standard InChI is InChI=1S/C13H14BrNO3/c1-8-4-10(6-15)5-9(2)12(8)18-7-11(14)13(16)17-3/h4-5,11H,7H2,1-3H3. The van der Waals surface area contributed by atoms with Crippen molar-refractivity contribution in [1.82, 2.24) is 0 Å². The summed E-state index contributed by atoms with van der Waals surface area (Å²) in [4.78, 5) is 10.7. The monoisotopic (exact) mass is 311 g/mol. The summed E-state index contributed by atoms with van der Waals surface area (Å²) in [6, 6.07) is 5.60. The van der Waals surface area contributed by atoms with Gasteiger partial charge in [-0.25, -0.2) is 0 Å². The molecule has 4 nitrogen and oxygen atoms in total. The van der Waals surface area contributed by atoms with Crippen molar-refractivity contribution >= 4 is 21.9 Å². The number of rotatable bonds is 4. The van der Waals surface area contributed by atoms with Crippen molar-refractivity contribution in [3.8, 4) is 11.8 Å². The lowest BCUT2D eigenvalue weighted by Crippen LogP contribution is -2.23. The highest BCUT2D eigenvalue weighted by molar-refractivity contribution is 9.10. The normalized spacial score (nSPS) is 11.5. The molecular weight excluding hydrogens is 298 g/mol. The van der Waals surface area contributed by atoms with Gasteiger partial charge in [-0.05, 0) is 37.1 Å². The van der Waals surface area contributed by atoms with Gasteiger partial charge in [0, 0.05) is 0 Å². The number of nitriles is 1. The van der Waals surface area contributed by atoms with Crippen LogP contribution in [0.2, 0.25) is 0 Å². The van der Waals surface area contributed by atoms with E-state index >= 15 is 0 Å². The number of carbonyl (C=O) groups excluding carboxylic acids is 1. The Morgan fingerprint density at radius 3 is 2.44 bits per heavy atom. The summed E-state index contributed by atoms with van der Waals surface area (Å²) >= 11 is 3.19. The van der Waals surface area contributed by atoms with E-state index in [0.29, 0.717) is 11.3 Å². The van der Waals surface area contributed by atoms with Crippen LogP contribution in [0.1, 0.15) is 16.7 Å². The highest BCUT2D eigenvalue weighted by Gasteiger charge is 2.17. The summed E-state index contributed by atoms with van der Waals surface area (Å²) in [7, 11) is 1.33. The Bertz CT molecular complexity index is 470. The number of esters is 1. The van der Waals surface area contributed by atoms with Gasteiger partial charge in [0.25, 0.3) is 0 Å². The zero-order valence-electron chi connectivity index (χ0n) is 10.5. The van der Waals surface area contributed by atoms with Gasteiger partial charge in [-0.15, -0.1) is 0 Å². The van der Waals surface area contributed by atoms with Crippen LogP contribution in [-0.2, 0) is 9.53 Å². The maximum Gasteiger partial charge on any atom is 0.322 e. The van der Waals surface area contributed by atoms with Crippen LogP contribution in [0.3, 0.4) is 0 Å². The molecule has 0 saturated heterocycles. The summed E-state index contributed by atoms with van der Waals surface area (Å²) in [6.45, 7) is 3.91. The SMILES string of the molecule is COC(=O)C(Br)COc1c(C)cc(C#N)cc1C. The van der Waals surface area contributed by atoms with Crippen LogP contribution >= 0.6 is 15.9 Å². The number of hydrogen-bond donors (Lipinski definition) is 0. The highest BCUT2D eigenvalue weighted by Crippen LogP contribution is 2.25. The fraction of sp³-hybridized carbons (Fsp3) is 0.385. The van der Waals surface area contributed by atoms with E-state index in [1.165, 1.54) is 7.11 Å². The summed E-state index contributed by atoms with van der Waals surface area (Å²) in [5.74, 6) is 0.321. The first-order valence-corrected chi connectivity index (χ1v) is 6.27. The molecule has 1 unspecified atom stereocenters. The minimum Gasteiger partial charge on any atom is -0.491 e. The molecule has 0 aliphatic rings. The molecule has 1 aromatic carbocycles. The zero-order valence-corrected chi connectivity index (χ0v) is 12.1. The number of ether oxygens (including phenoxy) is 2. The Balaban J connectivity index is 2.80. The van der Waals surface area contributed by atoms with Crippen molar-refractivity contribution in [1.29, 1.82) is 5.26 Å². The second-order valence-electron chi connectivity index (χ2n) is 3.85. The average Bonchev–Trinajstić information content (AvgIpc) is 2.36. The predicted octanol–water partition coefficient (Wildman–Crippen LogP) is 2.49. The first kappa shape index (κ1) is 14.5. The molecule has 0 fully saturated rings. The lowest BCUT2D eigenvalue weighted by atomic mass is 10.1. The molecular formula is C13H14BrNO3. The fourth-order valence-corrected chi connectivity index (χ4v) is 1.91. The minimum absolute atomic E-state index is 0.181. The highest BCUT2D eigenvalue weighted by atomic mass is 79.9. The second-order valence-corrected chi connectivity index (χ2v) is 4.96. The third-order valence-corrected chi connectivity index (χ3v) is 3.06. The first-order valence-electron chi connectivity index (χ1n) is 5.35. The number of hydrogen-bond acceptors (Lipinski definition) is 4. The molecule has 0 saturated carbocycles. The summed E-state index contributed by atoms with van der Waals surface area (Å²) in [5.41, 5.74) is 2.34. The third kappa shape index (κ3) is 3.47. The molecule has 1 rings (SSSR count). The van der Waals surface area contributed by atoms with Gasteiger partial charge in [-0.3, -0.25) is 4.79 Å². The van der Waals surface area contributed by atoms with Crippen molar-refractivity contribution in [2.75, 3.05) is 13.7 Å². The number of alkyl halides is 1. The van der Waals surface area contributed by atoms with E-state index in [4.69, 9.17) is 10.00 Å². The van der Waals surface area contributed by atoms with Crippen LogP contribution in [0.5, 0.6) is 5.75 Å². The smallest absolute Gasteiger partial charge is 0.322 e. The van der Waals surface area contributed by atoms with E-state index in [1.54, 1.807) is 12.1 Å². The largest absolute Gasteiger partial charge is 0.491 e. The summed E-state index contributed by atoms with van der Waals surface area (Å²) < 4.78 is 10.2. The van der Waals surface area contributed by atoms with Crippen LogP contribution in [0.25, 0.3) is 0 Å². The van der Waals surface area contributed by atoms with Gasteiger partial charge in [-0.1, -0.05) is 15.9 Å². The van der Waals surface area contributed by atoms with Crippen molar-refractivity contribution in [3.05, 3.63) is 28.8 Å². The summed E-state index contributed by atoms with van der Waals surface area (Å²) in [5, 5.41) is 8.84. The van der Waals surface area contributed by atoms with E-state index < -0.39 is 4.83 Å². The van der Waals surface area contributed by atoms with Crippen LogP contribution in [0, 0.1) is 25.2 Å². The van der Waals surface area contributed by atoms with Crippen LogP contribution in [0.15, 0.2) is 12.1 Å². The molecule has 0 radical (unpaired) electrons. The van der Waals surface area contributed by atoms with Crippen molar-refractivity contribution < 1.29 is 14.3 Å². The molecule has 0 heterocycles. The van der Waals surface area contributed by atoms with E-state index in [2.05, 4.69) is 26.7 Å². The van der Waals surface area contributed by atoms with Crippen LogP contribution in [0.4, 0.5) is 0 Å². The number of nitrogens with zero attached hydrogens (tertiary/aromatic N) is 1. The molecule has 0 N–H and O–H groups in total. The topological polar surface area (TPSA) is 59.3 Å². The Hall–Kier alpha value is -1.54. The van der Waals surface area contributed by atoms with Crippen molar-refractivity contribution in [3.63, 3.8) is 0 Å². The molecule has 96 valence electrons. The Kier molecular flexibility index (Phi) is 5.17. The number of halogens is 1. The zero-order chi connectivity index (χ0) is 13.7. The van der Waals surface area contributed by atoms with E-state index in [0.717, 1.165) is 11.1 Å². The minimum atomic E-state index is -0.503. The van der Waals surface area contributed by atoms with Crippen molar-refractivity contribution in [2.24, 2.45) is 0 Å². The molecule has 0 aliphatic heterocycles. The Labute approximate surface area is 115 Å². The molecule has 18 heavy (non-hydrogen) atoms. The van der Waals surface area contributed by atoms with Crippen molar-refractivity contribution in [2.45, 2.75) is 18.7 Å². The lowest BCUT2D eigenvalue weighted by Gasteiger charge is -2.14. The molecule has 5 heteroatoms. The molecule has 0 spiro atoms. The molecule has 0 aromatic heterocycles. The maximum absolute atomic E-state index is 11.2. The van der Waals surface area contributed by atoms with Gasteiger partial charge >= 0.3 is 5.97 Å². The summed E-state index contributed by atoms with van der Waals surface area (Å²) in [6.07, 6.45) is 0. The lowest BCUT2D eigenvalue weighted by molar-refractivity contribution is -0.140. The molecule has 0 amide bonds. The molecule has 1 aromatic rings. The third-order valence-electron chi connectivity index (χ3n) is 2.42. The van der Waals surface area contributed by atoms with Gasteiger partial charge in [0.1, 0.15) is 17.2 Å². The van der Waals surface area contributed by atoms with Crippen LogP contribution < -0.4 is 4.74 Å². The van der Waals surface area contributed by atoms with Crippen LogP contribution in [-0.4, -0.2) is 24.5 Å². The van der Waals surface area contributed by atoms with E-state index in [1.807, 2.05) is 13.8 Å².